The van der Waals surface area contributed by atoms with Gasteiger partial charge in [0.05, 0.1) is 12.1 Å². The quantitative estimate of drug-likeness (QED) is 0.784. The molecule has 0 saturated carbocycles. The molecule has 5 nitrogen and oxygen atoms in total. The molecule has 0 spiro atoms. The number of pyridine rings is 1. The van der Waals surface area contributed by atoms with Gasteiger partial charge in [0, 0.05) is 12.2 Å². The topological polar surface area (TPSA) is 71.1 Å². The number of rotatable bonds is 6. The Labute approximate surface area is 119 Å². The van der Waals surface area contributed by atoms with Crippen LogP contribution in [0.3, 0.4) is 0 Å². The minimum absolute atomic E-state index is 0.0233. The van der Waals surface area contributed by atoms with Crippen LogP contribution < -0.4 is 10.6 Å². The third-order valence-corrected chi connectivity index (χ3v) is 2.80. The molecule has 0 aliphatic carbocycles. The van der Waals surface area contributed by atoms with Gasteiger partial charge in [-0.3, -0.25) is 9.59 Å². The van der Waals surface area contributed by atoms with Crippen molar-refractivity contribution in [3.8, 4) is 0 Å². The molecule has 0 saturated heterocycles. The van der Waals surface area contributed by atoms with Gasteiger partial charge in [-0.2, -0.15) is 8.78 Å². The van der Waals surface area contributed by atoms with Crippen LogP contribution in [0.2, 0.25) is 0 Å². The normalized spacial score (nSPS) is 10.7. The maximum absolute atomic E-state index is 12.3. The average molecular weight is 303 g/mol. The third-order valence-electron chi connectivity index (χ3n) is 2.08. The predicted molar refractivity (Wildman–Crippen MR) is 71.7 cm³/mol. The highest BCUT2D eigenvalue weighted by Crippen LogP contribution is 2.26. The second-order valence-electron chi connectivity index (χ2n) is 4.14. The molecule has 0 bridgehead atoms. The highest BCUT2D eigenvalue weighted by molar-refractivity contribution is 7.99. The van der Waals surface area contributed by atoms with Crippen molar-refractivity contribution >= 4 is 23.6 Å². The molecule has 0 aliphatic heterocycles. The minimum Gasteiger partial charge on any atom is -0.352 e. The first-order valence-corrected chi connectivity index (χ1v) is 6.75. The van der Waals surface area contributed by atoms with Crippen LogP contribution in [0.4, 0.5) is 8.78 Å². The summed E-state index contributed by atoms with van der Waals surface area (Å²) >= 11 is 0.192. The summed E-state index contributed by atoms with van der Waals surface area (Å²) in [4.78, 5) is 27.0. The number of nitrogens with one attached hydrogen (secondary N) is 2. The van der Waals surface area contributed by atoms with Crippen LogP contribution in [-0.2, 0) is 4.79 Å². The van der Waals surface area contributed by atoms with E-state index in [0.717, 1.165) is 0 Å². The zero-order valence-corrected chi connectivity index (χ0v) is 11.8. The summed E-state index contributed by atoms with van der Waals surface area (Å²) in [6.07, 6.45) is 1.33. The smallest absolute Gasteiger partial charge is 0.290 e. The van der Waals surface area contributed by atoms with Gasteiger partial charge in [-0.25, -0.2) is 4.98 Å². The molecule has 110 valence electrons. The molecule has 0 fully saturated rings. The van der Waals surface area contributed by atoms with E-state index in [-0.39, 0.29) is 40.8 Å². The zero-order chi connectivity index (χ0) is 15.1. The highest BCUT2D eigenvalue weighted by Gasteiger charge is 2.17. The van der Waals surface area contributed by atoms with E-state index < -0.39 is 11.7 Å². The van der Waals surface area contributed by atoms with Gasteiger partial charge in [0.1, 0.15) is 5.03 Å². The number of thioether (sulfide) groups is 1. The second kappa shape index (κ2) is 7.78. The SMILES string of the molecule is CC(C)NC(=O)CNC(=O)c1cccnc1SC(F)F. The van der Waals surface area contributed by atoms with Gasteiger partial charge in [-0.05, 0) is 37.7 Å². The standard InChI is InChI=1S/C12H15F2N3O2S/c1-7(2)17-9(18)6-16-10(19)8-4-3-5-15-11(8)20-12(13)14/h3-5,7,12H,6H2,1-2H3,(H,16,19)(H,17,18). The number of hydrogen-bond acceptors (Lipinski definition) is 4. The van der Waals surface area contributed by atoms with Gasteiger partial charge in [-0.15, -0.1) is 0 Å². The van der Waals surface area contributed by atoms with E-state index in [0.29, 0.717) is 0 Å². The lowest BCUT2D eigenvalue weighted by molar-refractivity contribution is -0.120. The fourth-order valence-corrected chi connectivity index (χ4v) is 1.95. The van der Waals surface area contributed by atoms with Gasteiger partial charge in [0.15, 0.2) is 0 Å². The molecule has 2 N–H and O–H groups in total. The Morgan fingerprint density at radius 1 is 1.40 bits per heavy atom. The molecule has 20 heavy (non-hydrogen) atoms. The first-order valence-electron chi connectivity index (χ1n) is 5.87. The average Bonchev–Trinajstić information content (AvgIpc) is 2.35. The molecular weight excluding hydrogens is 288 g/mol. The largest absolute Gasteiger partial charge is 0.352 e. The maximum Gasteiger partial charge on any atom is 0.290 e. The van der Waals surface area contributed by atoms with E-state index in [2.05, 4.69) is 15.6 Å². The summed E-state index contributed by atoms with van der Waals surface area (Å²) in [5.41, 5.74) is 0.0233. The van der Waals surface area contributed by atoms with Crippen LogP contribution in [0.15, 0.2) is 23.4 Å². The Kier molecular flexibility index (Phi) is 6.37. The Morgan fingerprint density at radius 2 is 2.10 bits per heavy atom. The number of aromatic nitrogens is 1. The number of nitrogens with zero attached hydrogens (tertiary/aromatic N) is 1. The van der Waals surface area contributed by atoms with Crippen molar-refractivity contribution in [2.24, 2.45) is 0 Å². The van der Waals surface area contributed by atoms with Crippen molar-refractivity contribution < 1.29 is 18.4 Å². The number of carbonyl (C=O) groups excluding carboxylic acids is 2. The van der Waals surface area contributed by atoms with E-state index in [1.807, 2.05) is 0 Å². The van der Waals surface area contributed by atoms with Gasteiger partial charge in [-0.1, -0.05) is 0 Å². The molecule has 0 unspecified atom stereocenters. The van der Waals surface area contributed by atoms with Gasteiger partial charge in [0.2, 0.25) is 5.91 Å². The van der Waals surface area contributed by atoms with Crippen molar-refractivity contribution in [3.05, 3.63) is 23.9 Å². The van der Waals surface area contributed by atoms with Crippen LogP contribution in [0, 0.1) is 0 Å². The molecule has 1 rings (SSSR count). The first-order chi connectivity index (χ1) is 9.40. The molecule has 0 aromatic carbocycles. The molecule has 1 aromatic heterocycles. The first kappa shape index (κ1) is 16.4. The van der Waals surface area contributed by atoms with Gasteiger partial charge >= 0.3 is 0 Å². The molecule has 0 aliphatic rings. The lowest BCUT2D eigenvalue weighted by atomic mass is 10.2. The number of carbonyl (C=O) groups is 2. The van der Waals surface area contributed by atoms with Crippen molar-refractivity contribution in [2.75, 3.05) is 6.54 Å². The summed E-state index contributed by atoms with van der Waals surface area (Å²) in [6.45, 7) is 3.36. The van der Waals surface area contributed by atoms with E-state index in [1.165, 1.54) is 18.3 Å². The minimum atomic E-state index is -2.67. The monoisotopic (exact) mass is 303 g/mol. The molecule has 0 radical (unpaired) electrons. The van der Waals surface area contributed by atoms with Crippen LogP contribution in [0.25, 0.3) is 0 Å². The summed E-state index contributed by atoms with van der Waals surface area (Å²) in [5.74, 6) is -3.62. The van der Waals surface area contributed by atoms with E-state index in [9.17, 15) is 18.4 Å². The summed E-state index contributed by atoms with van der Waals surface area (Å²) in [6, 6.07) is 2.81. The van der Waals surface area contributed by atoms with Crippen LogP contribution >= 0.6 is 11.8 Å². The molecule has 2 amide bonds. The highest BCUT2D eigenvalue weighted by atomic mass is 32.2. The second-order valence-corrected chi connectivity index (χ2v) is 5.12. The van der Waals surface area contributed by atoms with Crippen LogP contribution in [0.5, 0.6) is 0 Å². The van der Waals surface area contributed by atoms with Crippen molar-refractivity contribution in [2.45, 2.75) is 30.7 Å². The lowest BCUT2D eigenvalue weighted by Gasteiger charge is -2.10. The number of hydrogen-bond donors (Lipinski definition) is 2. The Balaban J connectivity index is 2.66. The maximum atomic E-state index is 12.3. The number of amides is 2. The van der Waals surface area contributed by atoms with Gasteiger partial charge in [0.25, 0.3) is 11.7 Å². The lowest BCUT2D eigenvalue weighted by Crippen LogP contribution is -2.39. The number of halogens is 2. The van der Waals surface area contributed by atoms with Crippen LogP contribution in [-0.4, -0.2) is 35.1 Å². The molecule has 8 heteroatoms. The Morgan fingerprint density at radius 3 is 2.70 bits per heavy atom. The van der Waals surface area contributed by atoms with E-state index in [4.69, 9.17) is 0 Å². The molecule has 1 aromatic rings. The third kappa shape index (κ3) is 5.52. The van der Waals surface area contributed by atoms with E-state index in [1.54, 1.807) is 13.8 Å². The Hall–Kier alpha value is -1.70. The van der Waals surface area contributed by atoms with Gasteiger partial charge < -0.3 is 10.6 Å². The van der Waals surface area contributed by atoms with Crippen molar-refractivity contribution in [3.63, 3.8) is 0 Å². The fourth-order valence-electron chi connectivity index (χ4n) is 1.37. The van der Waals surface area contributed by atoms with Crippen LogP contribution in [0.1, 0.15) is 24.2 Å². The summed E-state index contributed by atoms with van der Waals surface area (Å²) in [5, 5.41) is 4.90. The predicted octanol–water partition coefficient (Wildman–Crippen LogP) is 1.65. The number of alkyl halides is 2. The zero-order valence-electron chi connectivity index (χ0n) is 11.0. The fraction of sp³-hybridized carbons (Fsp3) is 0.417. The van der Waals surface area contributed by atoms with E-state index >= 15 is 0 Å². The molecular formula is C12H15F2N3O2S. The van der Waals surface area contributed by atoms with Crippen molar-refractivity contribution in [1.29, 1.82) is 0 Å². The van der Waals surface area contributed by atoms with Crippen molar-refractivity contribution in [1.82, 2.24) is 15.6 Å². The summed E-state index contributed by atoms with van der Waals surface area (Å²) < 4.78 is 24.7. The summed E-state index contributed by atoms with van der Waals surface area (Å²) in [7, 11) is 0. The Bertz CT molecular complexity index is 484. The molecule has 0 atom stereocenters. The molecule has 1 heterocycles.